The predicted octanol–water partition coefficient (Wildman–Crippen LogP) is 2.19. The fourth-order valence-corrected chi connectivity index (χ4v) is 3.99. The van der Waals surface area contributed by atoms with Gasteiger partial charge < -0.3 is 30.3 Å². The van der Waals surface area contributed by atoms with Crippen molar-refractivity contribution in [2.24, 2.45) is 10.8 Å². The summed E-state index contributed by atoms with van der Waals surface area (Å²) in [5.74, 6) is 1.33. The molecule has 10 nitrogen and oxygen atoms in total. The van der Waals surface area contributed by atoms with Crippen LogP contribution in [0.1, 0.15) is 58.5 Å². The molecular formula is C23H38N6O4S2. The number of rotatable bonds is 14. The average molecular weight is 527 g/mol. The predicted molar refractivity (Wildman–Crippen MR) is 145 cm³/mol. The van der Waals surface area contributed by atoms with Crippen LogP contribution in [0.5, 0.6) is 0 Å². The minimum absolute atomic E-state index is 0.0274. The lowest BCUT2D eigenvalue weighted by molar-refractivity contribution is 0.282. The maximum atomic E-state index is 11.2. The largest absolute Gasteiger partial charge is 0.384 e. The van der Waals surface area contributed by atoms with Gasteiger partial charge in [0.05, 0.1) is 0 Å². The zero-order valence-corrected chi connectivity index (χ0v) is 22.6. The number of hydrogen-bond acceptors (Lipinski definition) is 6. The molecule has 0 fully saturated rings. The van der Waals surface area contributed by atoms with E-state index in [4.69, 9.17) is 33.5 Å². The molecule has 196 valence electrons. The van der Waals surface area contributed by atoms with Crippen molar-refractivity contribution >= 4 is 34.7 Å². The van der Waals surface area contributed by atoms with Gasteiger partial charge in [0, 0.05) is 51.2 Å². The quantitative estimate of drug-likeness (QED) is 0.160. The second-order valence-corrected chi connectivity index (χ2v) is 11.1. The van der Waals surface area contributed by atoms with Crippen LogP contribution in [-0.4, -0.2) is 46.7 Å². The van der Waals surface area contributed by atoms with Crippen LogP contribution in [0.25, 0.3) is 0 Å². The third-order valence-corrected chi connectivity index (χ3v) is 6.13. The van der Waals surface area contributed by atoms with E-state index in [1.54, 1.807) is 0 Å². The molecule has 2 rings (SSSR count). The van der Waals surface area contributed by atoms with Gasteiger partial charge in [0.2, 0.25) is 0 Å². The van der Waals surface area contributed by atoms with Gasteiger partial charge in [-0.1, -0.05) is 27.7 Å². The van der Waals surface area contributed by atoms with Crippen LogP contribution < -0.4 is 32.4 Å². The number of H-pyrrole nitrogens is 2. The van der Waals surface area contributed by atoms with Crippen molar-refractivity contribution in [2.45, 2.75) is 59.8 Å². The third-order valence-electron chi connectivity index (χ3n) is 5.55. The molecule has 2 heterocycles. The molecule has 0 saturated carbocycles. The first-order valence-electron chi connectivity index (χ1n) is 11.8. The number of hydrogen-bond donors (Lipinski definition) is 6. The van der Waals surface area contributed by atoms with E-state index in [1.807, 2.05) is 0 Å². The molecule has 0 atom stereocenters. The van der Waals surface area contributed by atoms with E-state index in [-0.39, 0.29) is 21.9 Å². The van der Waals surface area contributed by atoms with Crippen molar-refractivity contribution in [3.05, 3.63) is 44.4 Å². The second-order valence-electron chi connectivity index (χ2n) is 10.3. The Morgan fingerprint density at radius 3 is 1.46 bits per heavy atom. The summed E-state index contributed by atoms with van der Waals surface area (Å²) in [6.07, 6.45) is 3.97. The summed E-state index contributed by atoms with van der Waals surface area (Å²) in [7, 11) is 0. The lowest BCUT2D eigenvalue weighted by atomic mass is 9.85. The Labute approximate surface area is 216 Å². The van der Waals surface area contributed by atoms with Crippen LogP contribution in [-0.2, 0) is 12.8 Å². The molecule has 12 heteroatoms. The molecular weight excluding hydrogens is 488 g/mol. The topological polar surface area (TPSA) is 140 Å². The Bertz CT molecular complexity index is 970. The number of thiocarbonyl (C=S) groups is 2. The van der Waals surface area contributed by atoms with Crippen molar-refractivity contribution in [3.63, 3.8) is 0 Å². The summed E-state index contributed by atoms with van der Waals surface area (Å²) >= 11 is 10.7. The van der Waals surface area contributed by atoms with E-state index in [0.717, 1.165) is 45.4 Å². The van der Waals surface area contributed by atoms with Crippen LogP contribution in [0.4, 0.5) is 0 Å². The maximum absolute atomic E-state index is 11.2. The lowest BCUT2D eigenvalue weighted by Gasteiger charge is -2.24. The summed E-state index contributed by atoms with van der Waals surface area (Å²) in [6, 6.07) is 2.98. The van der Waals surface area contributed by atoms with Gasteiger partial charge in [-0.15, -0.1) is 0 Å². The number of nitrogens with one attached hydrogen (secondary N) is 6. The monoisotopic (exact) mass is 526 g/mol. The molecule has 0 saturated heterocycles. The van der Waals surface area contributed by atoms with Crippen molar-refractivity contribution in [3.8, 4) is 0 Å². The molecule has 0 radical (unpaired) electrons. The van der Waals surface area contributed by atoms with Crippen molar-refractivity contribution in [2.75, 3.05) is 26.2 Å². The summed E-state index contributed by atoms with van der Waals surface area (Å²) in [5.41, 5.74) is -0.481. The highest BCUT2D eigenvalue weighted by atomic mass is 32.1. The normalized spacial score (nSPS) is 11.8. The van der Waals surface area contributed by atoms with E-state index in [9.17, 15) is 9.59 Å². The Morgan fingerprint density at radius 2 is 1.11 bits per heavy atom. The Hall–Kier alpha value is -2.60. The second kappa shape index (κ2) is 13.5. The Morgan fingerprint density at radius 1 is 0.743 bits per heavy atom. The van der Waals surface area contributed by atoms with Gasteiger partial charge in [0.1, 0.15) is 11.5 Å². The summed E-state index contributed by atoms with van der Waals surface area (Å²) in [6.45, 7) is 11.4. The lowest BCUT2D eigenvalue weighted by Crippen LogP contribution is -2.40. The molecule has 35 heavy (non-hydrogen) atoms. The van der Waals surface area contributed by atoms with Gasteiger partial charge in [0.15, 0.2) is 10.2 Å². The van der Waals surface area contributed by atoms with Gasteiger partial charge in [-0.25, -0.2) is 0 Å². The van der Waals surface area contributed by atoms with Crippen LogP contribution in [0.3, 0.4) is 0 Å². The minimum atomic E-state index is -0.213. The smallest absolute Gasteiger partial charge is 0.280 e. The van der Waals surface area contributed by atoms with Gasteiger partial charge in [-0.05, 0) is 54.5 Å². The molecule has 0 aliphatic rings. The van der Waals surface area contributed by atoms with Crippen LogP contribution in [0.15, 0.2) is 30.8 Å². The molecule has 0 aromatic carbocycles. The summed E-state index contributed by atoms with van der Waals surface area (Å²) < 4.78 is 10.3. The zero-order chi connectivity index (χ0) is 25.9. The van der Waals surface area contributed by atoms with Gasteiger partial charge in [-0.3, -0.25) is 9.59 Å². The van der Waals surface area contributed by atoms with Crippen LogP contribution in [0, 0.1) is 10.8 Å². The van der Waals surface area contributed by atoms with E-state index in [0.29, 0.717) is 34.6 Å². The number of aromatic amines is 2. The molecule has 0 aliphatic carbocycles. The molecule has 0 aliphatic heterocycles. The van der Waals surface area contributed by atoms with E-state index in [2.05, 4.69) is 59.3 Å². The van der Waals surface area contributed by atoms with E-state index < -0.39 is 0 Å². The molecule has 2 aromatic heterocycles. The molecule has 0 spiro atoms. The fraction of sp³-hybridized carbons (Fsp3) is 0.652. The van der Waals surface area contributed by atoms with Crippen molar-refractivity contribution < 1.29 is 9.05 Å². The molecule has 0 bridgehead atoms. The van der Waals surface area contributed by atoms with Crippen LogP contribution >= 0.6 is 24.4 Å². The Balaban J connectivity index is 1.49. The molecule has 2 aromatic rings. The SMILES string of the molecule is CC(C)(CCNC(=S)NCCCNC(=S)NCCC(C)(C)Cc1cc(=O)[nH]o1)Cc1cc(=O)[nH]o1. The highest BCUT2D eigenvalue weighted by molar-refractivity contribution is 7.80. The Kier molecular flexibility index (Phi) is 11.0. The van der Waals surface area contributed by atoms with Gasteiger partial charge in [0.25, 0.3) is 11.1 Å². The summed E-state index contributed by atoms with van der Waals surface area (Å²) in [5, 5.41) is 18.7. The highest BCUT2D eigenvalue weighted by Gasteiger charge is 2.21. The van der Waals surface area contributed by atoms with Gasteiger partial charge in [-0.2, -0.15) is 10.3 Å². The molecule has 0 amide bonds. The standard InChI is InChI=1S/C23H38N6O4S2/c1-22(2,14-16-12-18(30)28-32-16)6-10-26-20(34)24-8-5-9-25-21(35)27-11-7-23(3,4)15-17-13-19(31)29-33-17/h12-13H,5-11,14-15H2,1-4H3,(H,28,30)(H,29,31)(H2,24,26,34)(H2,25,27,35). The average Bonchev–Trinajstić information content (AvgIpc) is 3.33. The highest BCUT2D eigenvalue weighted by Crippen LogP contribution is 2.25. The van der Waals surface area contributed by atoms with Crippen molar-refractivity contribution in [1.82, 2.24) is 31.6 Å². The fourth-order valence-electron chi connectivity index (χ4n) is 3.58. The first kappa shape index (κ1) is 28.6. The van der Waals surface area contributed by atoms with Crippen LogP contribution in [0.2, 0.25) is 0 Å². The zero-order valence-electron chi connectivity index (χ0n) is 21.0. The first-order valence-corrected chi connectivity index (χ1v) is 12.6. The maximum Gasteiger partial charge on any atom is 0.280 e. The first-order chi connectivity index (χ1) is 16.4. The number of aromatic nitrogens is 2. The minimum Gasteiger partial charge on any atom is -0.384 e. The third kappa shape index (κ3) is 12.1. The molecule has 0 unspecified atom stereocenters. The van der Waals surface area contributed by atoms with E-state index >= 15 is 0 Å². The van der Waals surface area contributed by atoms with Gasteiger partial charge >= 0.3 is 0 Å². The van der Waals surface area contributed by atoms with Crippen molar-refractivity contribution in [1.29, 1.82) is 0 Å². The molecule has 6 N–H and O–H groups in total. The van der Waals surface area contributed by atoms with E-state index in [1.165, 1.54) is 12.1 Å². The summed E-state index contributed by atoms with van der Waals surface area (Å²) in [4.78, 5) is 22.4.